The van der Waals surface area contributed by atoms with Gasteiger partial charge in [-0.1, -0.05) is 12.8 Å². The quantitative estimate of drug-likeness (QED) is 0.844. The van der Waals surface area contributed by atoms with E-state index in [2.05, 4.69) is 10.4 Å². The summed E-state index contributed by atoms with van der Waals surface area (Å²) in [6, 6.07) is -0.458. The molecular weight excluding hydrogens is 330 g/mol. The second-order valence-electron chi connectivity index (χ2n) is 7.02. The number of rotatable bonds is 3. The lowest BCUT2D eigenvalue weighted by atomic mass is 9.74. The average molecular weight is 356 g/mol. The van der Waals surface area contributed by atoms with Crippen LogP contribution in [0.4, 0.5) is 5.69 Å². The number of carbonyl (C=O) groups is 2. The fraction of sp³-hybridized carbons (Fsp3) is 0.688. The maximum Gasteiger partial charge on any atom is 0.249 e. The molecule has 3 rings (SSSR count). The van der Waals surface area contributed by atoms with E-state index in [1.807, 2.05) is 14.0 Å². The fourth-order valence-electron chi connectivity index (χ4n) is 3.68. The maximum atomic E-state index is 12.6. The van der Waals surface area contributed by atoms with E-state index in [9.17, 15) is 9.59 Å². The summed E-state index contributed by atoms with van der Waals surface area (Å²) in [5, 5.41) is 7.02. The normalized spacial score (nSPS) is 30.1. The van der Waals surface area contributed by atoms with Crippen molar-refractivity contribution in [1.82, 2.24) is 15.1 Å². The fourth-order valence-corrected chi connectivity index (χ4v) is 3.68. The molecule has 3 unspecified atom stereocenters. The first-order valence-corrected chi connectivity index (χ1v) is 8.28. The van der Waals surface area contributed by atoms with Crippen LogP contribution in [0.15, 0.2) is 12.4 Å². The van der Waals surface area contributed by atoms with E-state index >= 15 is 0 Å². The van der Waals surface area contributed by atoms with E-state index in [0.29, 0.717) is 13.0 Å². The number of nitrogens with two attached hydrogens (primary N) is 1. The summed E-state index contributed by atoms with van der Waals surface area (Å²) >= 11 is 0. The Kier molecular flexibility index (Phi) is 5.55. The summed E-state index contributed by atoms with van der Waals surface area (Å²) < 4.78 is 1.66. The van der Waals surface area contributed by atoms with Crippen LogP contribution < -0.4 is 16.0 Å². The monoisotopic (exact) mass is 355 g/mol. The number of hydrogen-bond donors (Lipinski definition) is 2. The highest BCUT2D eigenvalue weighted by Crippen LogP contribution is 2.32. The molecule has 3 N–H and O–H groups in total. The number of nitrogens with one attached hydrogen (secondary N) is 1. The van der Waals surface area contributed by atoms with Crippen LogP contribution in [0.2, 0.25) is 0 Å². The number of aromatic nitrogens is 2. The molecule has 0 aromatic carbocycles. The standard InChI is InChI=1S/C16H25N5O2.ClH/c1-16(17)7-4-3-5-12(16)14(22)19-13-6-8-21(15(13)23)11-9-18-20(2)10-11;/h9-10,12-13H,3-8,17H2,1-2H3,(H,19,22);1H. The SMILES string of the molecule is Cl.Cn1cc(N2CCC(NC(=O)C3CCCCC3(C)N)C2=O)cn1. The molecule has 2 amide bonds. The minimum atomic E-state index is -0.479. The predicted octanol–water partition coefficient (Wildman–Crippen LogP) is 0.971. The van der Waals surface area contributed by atoms with Gasteiger partial charge in [0.15, 0.2) is 0 Å². The molecule has 1 saturated carbocycles. The Hall–Kier alpha value is -1.60. The summed E-state index contributed by atoms with van der Waals surface area (Å²) in [7, 11) is 1.81. The Bertz CT molecular complexity index is 615. The van der Waals surface area contributed by atoms with Gasteiger partial charge in [-0.25, -0.2) is 0 Å². The van der Waals surface area contributed by atoms with Crippen LogP contribution in [0.5, 0.6) is 0 Å². The van der Waals surface area contributed by atoms with E-state index in [4.69, 9.17) is 5.73 Å². The first-order valence-electron chi connectivity index (χ1n) is 8.28. The van der Waals surface area contributed by atoms with Crippen LogP contribution in [-0.4, -0.2) is 39.7 Å². The van der Waals surface area contributed by atoms with Crippen molar-refractivity contribution in [3.8, 4) is 0 Å². The molecule has 1 aromatic heterocycles. The molecular formula is C16H26ClN5O2. The zero-order valence-corrected chi connectivity index (χ0v) is 15.0. The Morgan fingerprint density at radius 3 is 2.79 bits per heavy atom. The molecule has 1 saturated heterocycles. The molecule has 0 bridgehead atoms. The molecule has 1 aliphatic carbocycles. The van der Waals surface area contributed by atoms with Crippen molar-refractivity contribution in [3.05, 3.63) is 12.4 Å². The number of hydrogen-bond acceptors (Lipinski definition) is 4. The number of carbonyl (C=O) groups excluding carboxylic acids is 2. The Balaban J connectivity index is 0.00000208. The second kappa shape index (κ2) is 7.11. The predicted molar refractivity (Wildman–Crippen MR) is 93.9 cm³/mol. The molecule has 8 heteroatoms. The molecule has 2 fully saturated rings. The van der Waals surface area contributed by atoms with Crippen LogP contribution in [0, 0.1) is 5.92 Å². The van der Waals surface area contributed by atoms with Crippen LogP contribution in [-0.2, 0) is 16.6 Å². The smallest absolute Gasteiger partial charge is 0.249 e. The molecule has 2 aliphatic rings. The summed E-state index contributed by atoms with van der Waals surface area (Å²) in [6.45, 7) is 2.54. The summed E-state index contributed by atoms with van der Waals surface area (Å²) in [5.74, 6) is -0.363. The third-order valence-electron chi connectivity index (χ3n) is 5.10. The van der Waals surface area contributed by atoms with Crippen molar-refractivity contribution >= 4 is 29.9 Å². The van der Waals surface area contributed by atoms with Gasteiger partial charge in [-0.05, 0) is 26.2 Å². The van der Waals surface area contributed by atoms with E-state index in [1.165, 1.54) is 0 Å². The number of nitrogens with zero attached hydrogens (tertiary/aromatic N) is 3. The van der Waals surface area contributed by atoms with Crippen molar-refractivity contribution in [3.63, 3.8) is 0 Å². The minimum absolute atomic E-state index is 0. The number of anilines is 1. The van der Waals surface area contributed by atoms with Gasteiger partial charge in [-0.2, -0.15) is 5.10 Å². The first-order chi connectivity index (χ1) is 10.9. The molecule has 0 radical (unpaired) electrons. The molecule has 1 aliphatic heterocycles. The molecule has 1 aromatic rings. The van der Waals surface area contributed by atoms with Crippen LogP contribution >= 0.6 is 12.4 Å². The highest BCUT2D eigenvalue weighted by atomic mass is 35.5. The minimum Gasteiger partial charge on any atom is -0.344 e. The zero-order chi connectivity index (χ0) is 16.6. The highest BCUT2D eigenvalue weighted by molar-refractivity contribution is 6.01. The Morgan fingerprint density at radius 1 is 1.42 bits per heavy atom. The average Bonchev–Trinajstić information content (AvgIpc) is 3.05. The lowest BCUT2D eigenvalue weighted by Crippen LogP contribution is -2.55. The summed E-state index contributed by atoms with van der Waals surface area (Å²) in [6.07, 6.45) is 7.82. The van der Waals surface area contributed by atoms with E-state index in [1.54, 1.807) is 22.0 Å². The van der Waals surface area contributed by atoms with Crippen LogP contribution in [0.3, 0.4) is 0 Å². The Labute approximate surface area is 148 Å². The van der Waals surface area contributed by atoms with Crippen molar-refractivity contribution in [2.45, 2.75) is 50.6 Å². The summed E-state index contributed by atoms with van der Waals surface area (Å²) in [4.78, 5) is 26.8. The van der Waals surface area contributed by atoms with Gasteiger partial charge in [0.1, 0.15) is 6.04 Å². The molecule has 7 nitrogen and oxygen atoms in total. The van der Waals surface area contributed by atoms with E-state index < -0.39 is 11.6 Å². The van der Waals surface area contributed by atoms with Crippen molar-refractivity contribution in [2.75, 3.05) is 11.4 Å². The molecule has 2 heterocycles. The zero-order valence-electron chi connectivity index (χ0n) is 14.2. The first kappa shape index (κ1) is 18.7. The van der Waals surface area contributed by atoms with Crippen molar-refractivity contribution < 1.29 is 9.59 Å². The van der Waals surface area contributed by atoms with Crippen LogP contribution in [0.1, 0.15) is 39.0 Å². The van der Waals surface area contributed by atoms with E-state index in [0.717, 1.165) is 31.4 Å². The molecule has 24 heavy (non-hydrogen) atoms. The van der Waals surface area contributed by atoms with Gasteiger partial charge in [-0.15, -0.1) is 12.4 Å². The third-order valence-corrected chi connectivity index (χ3v) is 5.10. The van der Waals surface area contributed by atoms with Gasteiger partial charge in [0.2, 0.25) is 11.8 Å². The third kappa shape index (κ3) is 3.57. The van der Waals surface area contributed by atoms with Gasteiger partial charge < -0.3 is 16.0 Å². The van der Waals surface area contributed by atoms with Gasteiger partial charge in [0.25, 0.3) is 0 Å². The lowest BCUT2D eigenvalue weighted by Gasteiger charge is -2.37. The van der Waals surface area contributed by atoms with Gasteiger partial charge in [0.05, 0.1) is 17.8 Å². The largest absolute Gasteiger partial charge is 0.344 e. The number of halogens is 1. The van der Waals surface area contributed by atoms with Crippen molar-refractivity contribution in [2.24, 2.45) is 18.7 Å². The number of amides is 2. The highest BCUT2D eigenvalue weighted by Gasteiger charge is 2.41. The maximum absolute atomic E-state index is 12.6. The molecule has 134 valence electrons. The van der Waals surface area contributed by atoms with E-state index in [-0.39, 0.29) is 30.1 Å². The second-order valence-corrected chi connectivity index (χ2v) is 7.02. The molecule has 3 atom stereocenters. The molecule has 0 spiro atoms. The van der Waals surface area contributed by atoms with Gasteiger partial charge in [-0.3, -0.25) is 14.3 Å². The van der Waals surface area contributed by atoms with Gasteiger partial charge >= 0.3 is 0 Å². The number of aryl methyl sites for hydroxylation is 1. The van der Waals surface area contributed by atoms with Gasteiger partial charge in [0, 0.05) is 25.3 Å². The lowest BCUT2D eigenvalue weighted by molar-refractivity contribution is -0.131. The van der Waals surface area contributed by atoms with Crippen molar-refractivity contribution in [1.29, 1.82) is 0 Å². The topological polar surface area (TPSA) is 93.2 Å². The summed E-state index contributed by atoms with van der Waals surface area (Å²) in [5.41, 5.74) is 6.58. The van der Waals surface area contributed by atoms with Crippen LogP contribution in [0.25, 0.3) is 0 Å². The Morgan fingerprint density at radius 2 is 2.17 bits per heavy atom.